The van der Waals surface area contributed by atoms with Crippen LogP contribution in [0.15, 0.2) is 44.3 Å². The summed E-state index contributed by atoms with van der Waals surface area (Å²) < 4.78 is 9.93. The predicted molar refractivity (Wildman–Crippen MR) is 86.4 cm³/mol. The zero-order valence-electron chi connectivity index (χ0n) is 12.9. The number of furan rings is 1. The molecule has 0 radical (unpaired) electrons. The lowest BCUT2D eigenvalue weighted by atomic mass is 10.2. The quantitative estimate of drug-likeness (QED) is 0.532. The third kappa shape index (κ3) is 1.73. The van der Waals surface area contributed by atoms with Gasteiger partial charge in [-0.3, -0.25) is 13.9 Å². The average molecular weight is 310 g/mol. The lowest BCUT2D eigenvalue weighted by Gasteiger charge is -2.03. The summed E-state index contributed by atoms with van der Waals surface area (Å²) in [7, 11) is 4.79. The van der Waals surface area contributed by atoms with E-state index in [1.54, 1.807) is 18.7 Å². The zero-order chi connectivity index (χ0) is 16.3. The molecule has 0 spiro atoms. The van der Waals surface area contributed by atoms with Crippen LogP contribution in [0.4, 0.5) is 0 Å². The first kappa shape index (κ1) is 13.6. The first-order valence-corrected chi connectivity index (χ1v) is 7.10. The van der Waals surface area contributed by atoms with E-state index in [2.05, 4.69) is 4.98 Å². The minimum Gasteiger partial charge on any atom is -0.453 e. The monoisotopic (exact) mass is 310 g/mol. The second-order valence-electron chi connectivity index (χ2n) is 5.52. The molecule has 0 amide bonds. The Bertz CT molecular complexity index is 1160. The molecule has 4 rings (SSSR count). The molecular formula is C16H14N4O3. The number of benzene rings is 1. The number of hydrogen-bond acceptors (Lipinski definition) is 4. The minimum absolute atomic E-state index is 0.344. The SMILES string of the molecule is Cn1c(=O)c2c(nc(-c3cc4ccccc4o3)n2C)n(C)c1=O. The van der Waals surface area contributed by atoms with E-state index >= 15 is 0 Å². The summed E-state index contributed by atoms with van der Waals surface area (Å²) >= 11 is 0. The van der Waals surface area contributed by atoms with Crippen LogP contribution >= 0.6 is 0 Å². The van der Waals surface area contributed by atoms with E-state index in [1.165, 1.54) is 11.6 Å². The number of imidazole rings is 1. The van der Waals surface area contributed by atoms with Crippen LogP contribution in [0.3, 0.4) is 0 Å². The number of nitrogens with zero attached hydrogens (tertiary/aromatic N) is 4. The highest BCUT2D eigenvalue weighted by molar-refractivity contribution is 5.83. The standard InChI is InChI=1S/C16H14N4O3/c1-18-12-14(19(2)16(22)20(3)15(12)21)17-13(18)11-8-9-6-4-5-7-10(9)23-11/h4-8H,1-3H3. The Morgan fingerprint density at radius 1 is 1.00 bits per heavy atom. The molecule has 0 aliphatic rings. The van der Waals surface area contributed by atoms with E-state index in [4.69, 9.17) is 4.42 Å². The van der Waals surface area contributed by atoms with Gasteiger partial charge in [0.15, 0.2) is 22.7 Å². The highest BCUT2D eigenvalue weighted by Gasteiger charge is 2.19. The van der Waals surface area contributed by atoms with Crippen LogP contribution in [-0.4, -0.2) is 18.7 Å². The van der Waals surface area contributed by atoms with Crippen molar-refractivity contribution in [3.8, 4) is 11.6 Å². The first-order valence-electron chi connectivity index (χ1n) is 7.10. The Kier molecular flexibility index (Phi) is 2.63. The molecule has 1 aromatic carbocycles. The summed E-state index contributed by atoms with van der Waals surface area (Å²) in [5, 5.41) is 0.955. The van der Waals surface area contributed by atoms with Crippen LogP contribution < -0.4 is 11.2 Å². The third-order valence-electron chi connectivity index (χ3n) is 4.12. The number of aromatic nitrogens is 4. The van der Waals surface area contributed by atoms with Crippen molar-refractivity contribution >= 4 is 22.1 Å². The second kappa shape index (κ2) is 4.45. The molecule has 7 nitrogen and oxygen atoms in total. The third-order valence-corrected chi connectivity index (χ3v) is 4.12. The van der Waals surface area contributed by atoms with Crippen molar-refractivity contribution in [1.82, 2.24) is 18.7 Å². The van der Waals surface area contributed by atoms with Gasteiger partial charge in [-0.2, -0.15) is 0 Å². The maximum atomic E-state index is 12.4. The van der Waals surface area contributed by atoms with E-state index in [0.717, 1.165) is 15.5 Å². The summed E-state index contributed by atoms with van der Waals surface area (Å²) in [6.07, 6.45) is 0. The van der Waals surface area contributed by atoms with Crippen molar-refractivity contribution in [3.05, 3.63) is 51.2 Å². The highest BCUT2D eigenvalue weighted by Crippen LogP contribution is 2.28. The lowest BCUT2D eigenvalue weighted by Crippen LogP contribution is -2.37. The van der Waals surface area contributed by atoms with E-state index in [9.17, 15) is 9.59 Å². The largest absolute Gasteiger partial charge is 0.453 e. The van der Waals surface area contributed by atoms with Gasteiger partial charge in [-0.05, 0) is 12.1 Å². The van der Waals surface area contributed by atoms with E-state index in [1.807, 2.05) is 30.3 Å². The van der Waals surface area contributed by atoms with Gasteiger partial charge in [-0.1, -0.05) is 18.2 Å². The summed E-state index contributed by atoms with van der Waals surface area (Å²) in [5.74, 6) is 1.06. The number of hydrogen-bond donors (Lipinski definition) is 0. The molecule has 3 heterocycles. The first-order chi connectivity index (χ1) is 11.0. The van der Waals surface area contributed by atoms with Crippen LogP contribution in [0.5, 0.6) is 0 Å². The molecule has 23 heavy (non-hydrogen) atoms. The van der Waals surface area contributed by atoms with Crippen LogP contribution in [0, 0.1) is 0 Å². The van der Waals surface area contributed by atoms with Gasteiger partial charge in [0, 0.05) is 26.5 Å². The van der Waals surface area contributed by atoms with Gasteiger partial charge in [-0.25, -0.2) is 9.78 Å². The van der Waals surface area contributed by atoms with Gasteiger partial charge in [-0.15, -0.1) is 0 Å². The second-order valence-corrected chi connectivity index (χ2v) is 5.52. The Labute approximate surface area is 130 Å². The molecular weight excluding hydrogens is 296 g/mol. The van der Waals surface area contributed by atoms with Crippen molar-refractivity contribution < 1.29 is 4.42 Å². The minimum atomic E-state index is -0.406. The molecule has 0 unspecified atom stereocenters. The zero-order valence-corrected chi connectivity index (χ0v) is 12.9. The summed E-state index contributed by atoms with van der Waals surface area (Å²) in [6.45, 7) is 0. The summed E-state index contributed by atoms with van der Waals surface area (Å²) in [4.78, 5) is 28.9. The summed E-state index contributed by atoms with van der Waals surface area (Å²) in [5.41, 5.74) is 0.676. The van der Waals surface area contributed by atoms with Gasteiger partial charge in [0.05, 0.1) is 0 Å². The fourth-order valence-electron chi connectivity index (χ4n) is 2.83. The van der Waals surface area contributed by atoms with Crippen LogP contribution in [0.25, 0.3) is 33.7 Å². The topological polar surface area (TPSA) is 75.0 Å². The summed E-state index contributed by atoms with van der Waals surface area (Å²) in [6, 6.07) is 9.51. The molecule has 0 saturated carbocycles. The predicted octanol–water partition coefficient (Wildman–Crippen LogP) is 1.38. The van der Waals surface area contributed by atoms with Crippen molar-refractivity contribution in [2.75, 3.05) is 0 Å². The van der Waals surface area contributed by atoms with E-state index in [0.29, 0.717) is 22.7 Å². The Hall–Kier alpha value is -3.09. The molecule has 3 aromatic heterocycles. The van der Waals surface area contributed by atoms with E-state index in [-0.39, 0.29) is 5.56 Å². The van der Waals surface area contributed by atoms with Gasteiger partial charge in [0.1, 0.15) is 5.58 Å². The molecule has 0 N–H and O–H groups in total. The molecule has 0 saturated heterocycles. The number of para-hydroxylation sites is 1. The Morgan fingerprint density at radius 2 is 1.74 bits per heavy atom. The van der Waals surface area contributed by atoms with Crippen molar-refractivity contribution in [2.45, 2.75) is 0 Å². The van der Waals surface area contributed by atoms with Gasteiger partial charge in [0.25, 0.3) is 5.56 Å². The fourth-order valence-corrected chi connectivity index (χ4v) is 2.83. The maximum absolute atomic E-state index is 12.4. The van der Waals surface area contributed by atoms with Crippen LogP contribution in [0.2, 0.25) is 0 Å². The van der Waals surface area contributed by atoms with Crippen molar-refractivity contribution in [2.24, 2.45) is 21.1 Å². The Balaban J connectivity index is 2.11. The van der Waals surface area contributed by atoms with Crippen molar-refractivity contribution in [3.63, 3.8) is 0 Å². The smallest absolute Gasteiger partial charge is 0.332 e. The van der Waals surface area contributed by atoms with E-state index < -0.39 is 5.69 Å². The molecule has 0 aliphatic heterocycles. The maximum Gasteiger partial charge on any atom is 0.332 e. The van der Waals surface area contributed by atoms with Crippen molar-refractivity contribution in [1.29, 1.82) is 0 Å². The molecule has 0 atom stereocenters. The van der Waals surface area contributed by atoms with Gasteiger partial charge < -0.3 is 8.98 Å². The molecule has 0 aliphatic carbocycles. The fraction of sp³-hybridized carbons (Fsp3) is 0.188. The molecule has 7 heteroatoms. The normalized spacial score (nSPS) is 11.6. The number of rotatable bonds is 1. The average Bonchev–Trinajstić information content (AvgIpc) is 3.11. The molecule has 116 valence electrons. The molecule has 0 fully saturated rings. The van der Waals surface area contributed by atoms with Gasteiger partial charge >= 0.3 is 5.69 Å². The Morgan fingerprint density at radius 3 is 2.48 bits per heavy atom. The lowest BCUT2D eigenvalue weighted by molar-refractivity contribution is 0.621. The van der Waals surface area contributed by atoms with Gasteiger partial charge in [0.2, 0.25) is 0 Å². The number of fused-ring (bicyclic) bond motifs is 2. The highest BCUT2D eigenvalue weighted by atomic mass is 16.3. The molecule has 0 bridgehead atoms. The van der Waals surface area contributed by atoms with Crippen LogP contribution in [-0.2, 0) is 21.1 Å². The number of aryl methyl sites for hydroxylation is 2. The molecule has 4 aromatic rings. The van der Waals surface area contributed by atoms with Crippen LogP contribution in [0.1, 0.15) is 0 Å².